The third kappa shape index (κ3) is 1.65. The minimum atomic E-state index is 0.262. The van der Waals surface area contributed by atoms with Gasteiger partial charge in [0.2, 0.25) is 0 Å². The van der Waals surface area contributed by atoms with Gasteiger partial charge in [0.1, 0.15) is 0 Å². The normalized spacial score (nSPS) is 35.8. The van der Waals surface area contributed by atoms with Crippen molar-refractivity contribution >= 4 is 11.6 Å². The summed E-state index contributed by atoms with van der Waals surface area (Å²) in [5, 5.41) is 0.902. The summed E-state index contributed by atoms with van der Waals surface area (Å²) in [5.41, 5.74) is 2.24. The maximum Gasteiger partial charge on any atom is 0.0171 e. The number of hydrogen-bond donors (Lipinski definition) is 0. The van der Waals surface area contributed by atoms with Gasteiger partial charge in [-0.1, -0.05) is 48.5 Å². The minimum absolute atomic E-state index is 0.262. The predicted molar refractivity (Wildman–Crippen MR) is 73.2 cm³/mol. The molecular weight excluding hydrogens is 228 g/mol. The van der Waals surface area contributed by atoms with Gasteiger partial charge in [-0.15, -0.1) is 0 Å². The first-order valence-corrected chi connectivity index (χ1v) is 6.95. The van der Waals surface area contributed by atoms with Gasteiger partial charge >= 0.3 is 0 Å². The highest BCUT2D eigenvalue weighted by Crippen LogP contribution is 2.60. The summed E-state index contributed by atoms with van der Waals surface area (Å²) in [7, 11) is 0. The molecule has 0 aromatic heterocycles. The van der Waals surface area contributed by atoms with Gasteiger partial charge in [0, 0.05) is 10.4 Å². The van der Waals surface area contributed by atoms with Crippen LogP contribution in [-0.2, 0) is 5.41 Å². The van der Waals surface area contributed by atoms with E-state index >= 15 is 0 Å². The van der Waals surface area contributed by atoms with Crippen LogP contribution in [0.5, 0.6) is 0 Å². The van der Waals surface area contributed by atoms with Crippen LogP contribution in [0.1, 0.15) is 44.1 Å². The number of rotatable bonds is 2. The Morgan fingerprint density at radius 1 is 0.941 bits per heavy atom. The zero-order valence-corrected chi connectivity index (χ0v) is 11.0. The molecule has 0 unspecified atom stereocenters. The minimum Gasteiger partial charge on any atom is -0.0892 e. The summed E-state index contributed by atoms with van der Waals surface area (Å²) in [6.45, 7) is 4.01. The van der Waals surface area contributed by atoms with Crippen molar-refractivity contribution in [2.75, 3.05) is 0 Å². The van der Waals surface area contributed by atoms with Crippen molar-refractivity contribution in [3.05, 3.63) is 47.5 Å². The fourth-order valence-electron chi connectivity index (χ4n) is 3.82. The molecule has 90 valence electrons. The lowest BCUT2D eigenvalue weighted by Gasteiger charge is -2.53. The number of allylic oxidation sites excluding steroid dienone is 1. The van der Waals surface area contributed by atoms with Crippen LogP contribution < -0.4 is 0 Å². The summed E-state index contributed by atoms with van der Waals surface area (Å²) in [4.78, 5) is 0. The van der Waals surface area contributed by atoms with Crippen molar-refractivity contribution in [2.45, 2.75) is 43.9 Å². The average Bonchev–Trinajstić information content (AvgIpc) is 2.42. The van der Waals surface area contributed by atoms with Gasteiger partial charge in [0.25, 0.3) is 0 Å². The van der Waals surface area contributed by atoms with Crippen LogP contribution in [0.2, 0.25) is 0 Å². The standard InChI is InChI=1S/C16H19Cl/c1-13(17)15-7-10-16(11-8-15,12-9-15)14-5-3-2-4-6-14/h2-6H,1,7-12H2. The molecule has 0 aliphatic heterocycles. The van der Waals surface area contributed by atoms with Crippen molar-refractivity contribution in [1.29, 1.82) is 0 Å². The zero-order valence-electron chi connectivity index (χ0n) is 10.2. The maximum absolute atomic E-state index is 6.24. The monoisotopic (exact) mass is 246 g/mol. The van der Waals surface area contributed by atoms with E-state index in [4.69, 9.17) is 11.6 Å². The predicted octanol–water partition coefficient (Wildman–Crippen LogP) is 5.03. The molecule has 3 aliphatic carbocycles. The van der Waals surface area contributed by atoms with Crippen LogP contribution in [0.3, 0.4) is 0 Å². The molecule has 2 bridgehead atoms. The SMILES string of the molecule is C=C(Cl)C12CCC(c3ccccc3)(CC1)CC2. The van der Waals surface area contributed by atoms with Crippen molar-refractivity contribution in [3.63, 3.8) is 0 Å². The summed E-state index contributed by atoms with van der Waals surface area (Å²) >= 11 is 6.24. The van der Waals surface area contributed by atoms with Crippen molar-refractivity contribution in [1.82, 2.24) is 0 Å². The van der Waals surface area contributed by atoms with E-state index in [9.17, 15) is 0 Å². The highest BCUT2D eigenvalue weighted by molar-refractivity contribution is 6.30. The van der Waals surface area contributed by atoms with E-state index in [0.717, 1.165) is 5.03 Å². The molecule has 0 heterocycles. The molecule has 0 amide bonds. The molecule has 3 fully saturated rings. The van der Waals surface area contributed by atoms with Crippen LogP contribution in [0.15, 0.2) is 41.9 Å². The van der Waals surface area contributed by atoms with Crippen LogP contribution >= 0.6 is 11.6 Å². The molecule has 4 rings (SSSR count). The second-order valence-corrected chi connectivity index (χ2v) is 6.29. The third-order valence-corrected chi connectivity index (χ3v) is 5.61. The van der Waals surface area contributed by atoms with Crippen LogP contribution in [0.4, 0.5) is 0 Å². The Hall–Kier alpha value is -0.750. The van der Waals surface area contributed by atoms with Gasteiger partial charge in [-0.3, -0.25) is 0 Å². The Morgan fingerprint density at radius 2 is 1.47 bits per heavy atom. The molecule has 1 aromatic rings. The van der Waals surface area contributed by atoms with E-state index in [2.05, 4.69) is 36.9 Å². The second kappa shape index (κ2) is 3.88. The molecule has 0 N–H and O–H groups in total. The molecule has 0 radical (unpaired) electrons. The van der Waals surface area contributed by atoms with Gasteiger partial charge in [-0.25, -0.2) is 0 Å². The molecule has 0 spiro atoms. The first-order chi connectivity index (χ1) is 8.17. The summed E-state index contributed by atoms with van der Waals surface area (Å²) in [5.74, 6) is 0. The van der Waals surface area contributed by atoms with Gasteiger partial charge in [-0.05, 0) is 49.5 Å². The Labute approximate surface area is 109 Å². The molecular formula is C16H19Cl. The van der Waals surface area contributed by atoms with Crippen LogP contribution in [-0.4, -0.2) is 0 Å². The quantitative estimate of drug-likeness (QED) is 0.687. The largest absolute Gasteiger partial charge is 0.0892 e. The lowest BCUT2D eigenvalue weighted by molar-refractivity contribution is 0.0757. The van der Waals surface area contributed by atoms with E-state index in [0.29, 0.717) is 5.41 Å². The third-order valence-electron chi connectivity index (χ3n) is 5.21. The van der Waals surface area contributed by atoms with Crippen LogP contribution in [0, 0.1) is 5.41 Å². The molecule has 1 aromatic carbocycles. The summed E-state index contributed by atoms with van der Waals surface area (Å²) in [6.07, 6.45) is 7.52. The molecule has 3 aliphatic rings. The molecule has 17 heavy (non-hydrogen) atoms. The fraction of sp³-hybridized carbons (Fsp3) is 0.500. The number of hydrogen-bond acceptors (Lipinski definition) is 0. The maximum atomic E-state index is 6.24. The number of halogens is 1. The van der Waals surface area contributed by atoms with Crippen molar-refractivity contribution < 1.29 is 0 Å². The summed E-state index contributed by atoms with van der Waals surface area (Å²) in [6, 6.07) is 11.0. The zero-order chi connectivity index (χ0) is 11.9. The lowest BCUT2D eigenvalue weighted by atomic mass is 9.52. The molecule has 3 saturated carbocycles. The molecule has 1 heteroatoms. The lowest BCUT2D eigenvalue weighted by Crippen LogP contribution is -2.44. The Morgan fingerprint density at radius 3 is 1.94 bits per heavy atom. The van der Waals surface area contributed by atoms with Gasteiger partial charge in [0.05, 0.1) is 0 Å². The highest BCUT2D eigenvalue weighted by Gasteiger charge is 2.50. The highest BCUT2D eigenvalue weighted by atomic mass is 35.5. The van der Waals surface area contributed by atoms with E-state index in [1.807, 2.05) is 0 Å². The Balaban J connectivity index is 1.89. The Bertz CT molecular complexity index is 408. The summed E-state index contributed by atoms with van der Waals surface area (Å²) < 4.78 is 0. The average molecular weight is 247 g/mol. The van der Waals surface area contributed by atoms with Gasteiger partial charge in [-0.2, -0.15) is 0 Å². The number of benzene rings is 1. The molecule has 0 saturated heterocycles. The van der Waals surface area contributed by atoms with Crippen molar-refractivity contribution in [3.8, 4) is 0 Å². The van der Waals surface area contributed by atoms with Gasteiger partial charge < -0.3 is 0 Å². The van der Waals surface area contributed by atoms with E-state index < -0.39 is 0 Å². The van der Waals surface area contributed by atoms with E-state index in [-0.39, 0.29) is 5.41 Å². The topological polar surface area (TPSA) is 0 Å². The van der Waals surface area contributed by atoms with E-state index in [1.165, 1.54) is 44.1 Å². The van der Waals surface area contributed by atoms with Crippen molar-refractivity contribution in [2.24, 2.45) is 5.41 Å². The molecule has 0 atom stereocenters. The van der Waals surface area contributed by atoms with E-state index in [1.54, 1.807) is 0 Å². The first kappa shape index (κ1) is 11.3. The Kier molecular flexibility index (Phi) is 2.59. The smallest absolute Gasteiger partial charge is 0.0171 e. The molecule has 0 nitrogen and oxygen atoms in total. The fourth-order valence-corrected chi connectivity index (χ4v) is 4.10. The second-order valence-electron chi connectivity index (χ2n) is 5.83. The first-order valence-electron chi connectivity index (χ1n) is 6.57. The van der Waals surface area contributed by atoms with Crippen LogP contribution in [0.25, 0.3) is 0 Å². The van der Waals surface area contributed by atoms with Gasteiger partial charge in [0.15, 0.2) is 0 Å². The number of fused-ring (bicyclic) bond motifs is 3.